The average Bonchev–Trinajstić information content (AvgIpc) is 2.18. The Bertz CT molecular complexity index is 432. The van der Waals surface area contributed by atoms with Crippen molar-refractivity contribution in [1.82, 2.24) is 0 Å². The number of hydrogen-bond donors (Lipinski definition) is 0. The van der Waals surface area contributed by atoms with Crippen LogP contribution in [0.25, 0.3) is 0 Å². The number of ether oxygens (including phenoxy) is 1. The van der Waals surface area contributed by atoms with E-state index in [1.807, 2.05) is 0 Å². The Labute approximate surface area is 109 Å². The molecule has 1 atom stereocenters. The van der Waals surface area contributed by atoms with Gasteiger partial charge in [-0.1, -0.05) is 0 Å². The Morgan fingerprint density at radius 2 is 2.06 bits per heavy atom. The standard InChI is InChI=1S/C10H7BrClF3O2/c1-5(12)9(16)6-2-3-8(7(11)4-6)17-10(13,14)15/h2-5H,1H3. The van der Waals surface area contributed by atoms with Gasteiger partial charge in [0.2, 0.25) is 0 Å². The van der Waals surface area contributed by atoms with E-state index in [4.69, 9.17) is 11.6 Å². The molecule has 2 nitrogen and oxygen atoms in total. The predicted octanol–water partition coefficient (Wildman–Crippen LogP) is 4.16. The lowest BCUT2D eigenvalue weighted by Gasteiger charge is -2.11. The second kappa shape index (κ2) is 5.27. The third-order valence-corrected chi connectivity index (χ3v) is 2.62. The van der Waals surface area contributed by atoms with Gasteiger partial charge in [0.05, 0.1) is 9.85 Å². The molecule has 0 aliphatic carbocycles. The van der Waals surface area contributed by atoms with Crippen molar-refractivity contribution in [3.63, 3.8) is 0 Å². The van der Waals surface area contributed by atoms with Gasteiger partial charge in [-0.05, 0) is 41.1 Å². The zero-order valence-corrected chi connectivity index (χ0v) is 10.9. The molecule has 0 saturated carbocycles. The number of alkyl halides is 4. The molecule has 0 saturated heterocycles. The summed E-state index contributed by atoms with van der Waals surface area (Å²) in [5.41, 5.74) is 0.217. The molecule has 0 bridgehead atoms. The molecule has 0 heterocycles. The second-order valence-corrected chi connectivity index (χ2v) is 4.68. The van der Waals surface area contributed by atoms with Crippen LogP contribution >= 0.6 is 27.5 Å². The summed E-state index contributed by atoms with van der Waals surface area (Å²) >= 11 is 8.48. The third-order valence-electron chi connectivity index (χ3n) is 1.80. The van der Waals surface area contributed by atoms with Crippen LogP contribution in [0.5, 0.6) is 5.75 Å². The van der Waals surface area contributed by atoms with Gasteiger partial charge in [0, 0.05) is 5.56 Å². The van der Waals surface area contributed by atoms with Crippen LogP contribution in [0.15, 0.2) is 22.7 Å². The van der Waals surface area contributed by atoms with Crippen LogP contribution in [0.2, 0.25) is 0 Å². The van der Waals surface area contributed by atoms with E-state index < -0.39 is 17.5 Å². The van der Waals surface area contributed by atoms with Crippen molar-refractivity contribution in [1.29, 1.82) is 0 Å². The molecule has 1 aromatic carbocycles. The maximum Gasteiger partial charge on any atom is 0.573 e. The van der Waals surface area contributed by atoms with Crippen molar-refractivity contribution in [3.05, 3.63) is 28.2 Å². The maximum absolute atomic E-state index is 12.0. The number of ketones is 1. The fourth-order valence-corrected chi connectivity index (χ4v) is 1.68. The highest BCUT2D eigenvalue weighted by molar-refractivity contribution is 9.10. The summed E-state index contributed by atoms with van der Waals surface area (Å²) in [6.45, 7) is 1.48. The Balaban J connectivity index is 2.98. The minimum Gasteiger partial charge on any atom is -0.405 e. The SMILES string of the molecule is CC(Cl)C(=O)c1ccc(OC(F)(F)F)c(Br)c1. The molecule has 0 radical (unpaired) electrons. The van der Waals surface area contributed by atoms with E-state index in [-0.39, 0.29) is 15.8 Å². The minimum atomic E-state index is -4.77. The first kappa shape index (κ1) is 14.3. The van der Waals surface area contributed by atoms with Gasteiger partial charge in [0.25, 0.3) is 0 Å². The van der Waals surface area contributed by atoms with Crippen molar-refractivity contribution in [2.24, 2.45) is 0 Å². The van der Waals surface area contributed by atoms with Gasteiger partial charge in [-0.25, -0.2) is 0 Å². The van der Waals surface area contributed by atoms with E-state index in [1.54, 1.807) is 0 Å². The van der Waals surface area contributed by atoms with Crippen LogP contribution in [0.1, 0.15) is 17.3 Å². The first-order chi connectivity index (χ1) is 7.70. The van der Waals surface area contributed by atoms with Gasteiger partial charge >= 0.3 is 6.36 Å². The Hall–Kier alpha value is -0.750. The number of carbonyl (C=O) groups excluding carboxylic acids is 1. The quantitative estimate of drug-likeness (QED) is 0.614. The fourth-order valence-electron chi connectivity index (χ4n) is 1.09. The number of carbonyl (C=O) groups is 1. The molecule has 17 heavy (non-hydrogen) atoms. The molecule has 7 heteroatoms. The molecule has 0 aliphatic heterocycles. The Morgan fingerprint density at radius 3 is 2.47 bits per heavy atom. The molecular weight excluding hydrogens is 324 g/mol. The minimum absolute atomic E-state index is 0.0398. The largest absolute Gasteiger partial charge is 0.573 e. The zero-order valence-electron chi connectivity index (χ0n) is 8.52. The highest BCUT2D eigenvalue weighted by atomic mass is 79.9. The van der Waals surface area contributed by atoms with Crippen molar-refractivity contribution in [3.8, 4) is 5.75 Å². The third kappa shape index (κ3) is 4.20. The normalized spacial score (nSPS) is 13.3. The summed E-state index contributed by atoms with van der Waals surface area (Å²) in [5, 5.41) is -0.740. The zero-order chi connectivity index (χ0) is 13.2. The van der Waals surface area contributed by atoms with Gasteiger partial charge < -0.3 is 4.74 Å². The van der Waals surface area contributed by atoms with Gasteiger partial charge in [0.1, 0.15) is 5.75 Å². The van der Waals surface area contributed by atoms with Crippen LogP contribution in [-0.2, 0) is 0 Å². The van der Waals surface area contributed by atoms with Gasteiger partial charge in [-0.3, -0.25) is 4.79 Å². The molecule has 0 aromatic heterocycles. The highest BCUT2D eigenvalue weighted by Crippen LogP contribution is 2.31. The number of rotatable bonds is 3. The van der Waals surface area contributed by atoms with E-state index in [2.05, 4.69) is 20.7 Å². The van der Waals surface area contributed by atoms with E-state index in [0.717, 1.165) is 6.07 Å². The smallest absolute Gasteiger partial charge is 0.405 e. The van der Waals surface area contributed by atoms with Crippen LogP contribution in [0.4, 0.5) is 13.2 Å². The first-order valence-corrected chi connectivity index (χ1v) is 5.67. The summed E-state index contributed by atoms with van der Waals surface area (Å²) in [5.74, 6) is -0.776. The molecule has 1 rings (SSSR count). The summed E-state index contributed by atoms with van der Waals surface area (Å²) in [6, 6.07) is 3.53. The molecular formula is C10H7BrClF3O2. The van der Waals surface area contributed by atoms with Crippen LogP contribution < -0.4 is 4.74 Å². The number of halogens is 5. The van der Waals surface area contributed by atoms with Crippen LogP contribution in [0, 0.1) is 0 Å². The summed E-state index contributed by atoms with van der Waals surface area (Å²) in [6.07, 6.45) is -4.77. The number of hydrogen-bond acceptors (Lipinski definition) is 2. The number of benzene rings is 1. The van der Waals surface area contributed by atoms with Gasteiger partial charge in [-0.2, -0.15) is 0 Å². The lowest BCUT2D eigenvalue weighted by atomic mass is 10.1. The molecule has 0 amide bonds. The molecule has 0 N–H and O–H groups in total. The van der Waals surface area contributed by atoms with E-state index in [0.29, 0.717) is 0 Å². The highest BCUT2D eigenvalue weighted by Gasteiger charge is 2.32. The lowest BCUT2D eigenvalue weighted by Crippen LogP contribution is -2.17. The number of Topliss-reactive ketones (excluding diaryl/α,β-unsaturated/α-hetero) is 1. The monoisotopic (exact) mass is 330 g/mol. The van der Waals surface area contributed by atoms with Gasteiger partial charge in [0.15, 0.2) is 5.78 Å². The Morgan fingerprint density at radius 1 is 1.47 bits per heavy atom. The lowest BCUT2D eigenvalue weighted by molar-refractivity contribution is -0.274. The van der Waals surface area contributed by atoms with Crippen molar-refractivity contribution < 1.29 is 22.7 Å². The maximum atomic E-state index is 12.0. The topological polar surface area (TPSA) is 26.3 Å². The molecule has 0 fully saturated rings. The van der Waals surface area contributed by atoms with Gasteiger partial charge in [-0.15, -0.1) is 24.8 Å². The van der Waals surface area contributed by atoms with Crippen molar-refractivity contribution in [2.45, 2.75) is 18.7 Å². The van der Waals surface area contributed by atoms with E-state index in [9.17, 15) is 18.0 Å². The summed E-state index contributed by atoms with van der Waals surface area (Å²) < 4.78 is 39.7. The van der Waals surface area contributed by atoms with Crippen LogP contribution in [0.3, 0.4) is 0 Å². The fraction of sp³-hybridized carbons (Fsp3) is 0.300. The molecule has 0 aliphatic rings. The molecule has 1 unspecified atom stereocenters. The van der Waals surface area contributed by atoms with E-state index >= 15 is 0 Å². The first-order valence-electron chi connectivity index (χ1n) is 4.44. The molecule has 94 valence electrons. The summed E-state index contributed by atoms with van der Waals surface area (Å²) in [7, 11) is 0. The van der Waals surface area contributed by atoms with Crippen molar-refractivity contribution >= 4 is 33.3 Å². The second-order valence-electron chi connectivity index (χ2n) is 3.17. The Kier molecular flexibility index (Phi) is 4.43. The van der Waals surface area contributed by atoms with E-state index in [1.165, 1.54) is 19.1 Å². The summed E-state index contributed by atoms with van der Waals surface area (Å²) in [4.78, 5) is 11.5. The molecule has 1 aromatic rings. The van der Waals surface area contributed by atoms with Crippen molar-refractivity contribution in [2.75, 3.05) is 0 Å². The predicted molar refractivity (Wildman–Crippen MR) is 60.5 cm³/mol. The average molecular weight is 332 g/mol. The van der Waals surface area contributed by atoms with Crippen LogP contribution in [-0.4, -0.2) is 17.5 Å². The molecule has 0 spiro atoms.